The summed E-state index contributed by atoms with van der Waals surface area (Å²) < 4.78 is 52.9. The summed E-state index contributed by atoms with van der Waals surface area (Å²) in [5.41, 5.74) is -0.415. The van der Waals surface area contributed by atoms with Crippen molar-refractivity contribution < 1.29 is 32.2 Å². The van der Waals surface area contributed by atoms with Crippen LogP contribution >= 0.6 is 23.2 Å². The first-order valence-corrected chi connectivity index (χ1v) is 16.9. The van der Waals surface area contributed by atoms with Gasteiger partial charge in [0.25, 0.3) is 5.91 Å². The lowest BCUT2D eigenvalue weighted by Gasteiger charge is -2.31. The number of ether oxygens (including phenoxy) is 2. The van der Waals surface area contributed by atoms with Gasteiger partial charge in [0, 0.05) is 47.2 Å². The van der Waals surface area contributed by atoms with Crippen LogP contribution in [-0.4, -0.2) is 49.8 Å². The van der Waals surface area contributed by atoms with Crippen LogP contribution in [0.4, 0.5) is 4.39 Å². The molecular formula is C34H31Cl2FN2O6S. The number of aliphatic hydroxyl groups excluding tert-OH is 1. The monoisotopic (exact) mass is 684 g/mol. The van der Waals surface area contributed by atoms with Crippen LogP contribution < -0.4 is 10.1 Å². The van der Waals surface area contributed by atoms with Crippen LogP contribution in [0.5, 0.6) is 5.75 Å². The molecule has 0 spiro atoms. The minimum Gasteiger partial charge on any atom is -0.494 e. The maximum absolute atomic E-state index is 14.3. The standard InChI is InChI=1S/C34H31Cl2FN2O6S/c35-25-12-15-29(30(36)21-25)31-34(16-19-46(42,43)28-8-2-1-3-9-28,33(41)38-22-23-6-4-7-26(37)20-23)39-32(45-31)24-10-13-27(14-11-24)44-18-5-17-40/h1-4,6-15,20-21,31,40H,5,16-19,22H2,(H,38,41)/t31-,34-/m1/s1. The minimum absolute atomic E-state index is 0.000722. The minimum atomic E-state index is -3.86. The number of amides is 1. The summed E-state index contributed by atoms with van der Waals surface area (Å²) in [4.78, 5) is 19.2. The number of carbonyl (C=O) groups is 1. The maximum Gasteiger partial charge on any atom is 0.252 e. The van der Waals surface area contributed by atoms with Crippen molar-refractivity contribution in [2.45, 2.75) is 35.9 Å². The van der Waals surface area contributed by atoms with E-state index >= 15 is 0 Å². The number of aliphatic imine (C=N–C) groups is 1. The number of rotatable bonds is 13. The van der Waals surface area contributed by atoms with Crippen molar-refractivity contribution in [2.75, 3.05) is 19.0 Å². The average molecular weight is 686 g/mol. The zero-order valence-corrected chi connectivity index (χ0v) is 26.9. The summed E-state index contributed by atoms with van der Waals surface area (Å²) >= 11 is 12.8. The van der Waals surface area contributed by atoms with Crippen molar-refractivity contribution in [3.63, 3.8) is 0 Å². The van der Waals surface area contributed by atoms with Crippen molar-refractivity contribution in [3.8, 4) is 5.75 Å². The van der Waals surface area contributed by atoms with Gasteiger partial charge in [0.15, 0.2) is 21.5 Å². The summed E-state index contributed by atoms with van der Waals surface area (Å²) in [5, 5.41) is 12.4. The van der Waals surface area contributed by atoms with Gasteiger partial charge in [-0.1, -0.05) is 59.6 Å². The van der Waals surface area contributed by atoms with E-state index in [1.165, 1.54) is 36.4 Å². The first kappa shape index (κ1) is 33.4. The Morgan fingerprint density at radius 1 is 1.00 bits per heavy atom. The van der Waals surface area contributed by atoms with Crippen LogP contribution in [0, 0.1) is 5.82 Å². The zero-order chi connectivity index (χ0) is 32.7. The molecule has 0 unspecified atom stereocenters. The Kier molecular flexibility index (Phi) is 10.6. The maximum atomic E-state index is 14.3. The van der Waals surface area contributed by atoms with Gasteiger partial charge in [-0.05, 0) is 66.2 Å². The molecule has 12 heteroatoms. The van der Waals surface area contributed by atoms with Crippen molar-refractivity contribution in [1.29, 1.82) is 0 Å². The number of benzene rings is 4. The number of nitrogens with one attached hydrogen (secondary N) is 1. The fourth-order valence-corrected chi connectivity index (χ4v) is 6.97. The topological polar surface area (TPSA) is 114 Å². The quantitative estimate of drug-likeness (QED) is 0.159. The van der Waals surface area contributed by atoms with E-state index in [4.69, 9.17) is 42.8 Å². The Bertz CT molecular complexity index is 1820. The third kappa shape index (κ3) is 7.70. The molecule has 1 heterocycles. The van der Waals surface area contributed by atoms with Gasteiger partial charge in [0.2, 0.25) is 5.90 Å². The van der Waals surface area contributed by atoms with Gasteiger partial charge >= 0.3 is 0 Å². The molecule has 240 valence electrons. The number of aliphatic hydroxyl groups is 1. The molecule has 0 saturated carbocycles. The van der Waals surface area contributed by atoms with Gasteiger partial charge in [-0.25, -0.2) is 17.8 Å². The molecule has 0 aliphatic carbocycles. The molecule has 46 heavy (non-hydrogen) atoms. The summed E-state index contributed by atoms with van der Waals surface area (Å²) in [5.74, 6) is -0.884. The highest BCUT2D eigenvalue weighted by molar-refractivity contribution is 7.91. The van der Waals surface area contributed by atoms with Crippen molar-refractivity contribution >= 4 is 44.8 Å². The third-order valence-electron chi connectivity index (χ3n) is 7.47. The van der Waals surface area contributed by atoms with Crippen molar-refractivity contribution in [2.24, 2.45) is 4.99 Å². The molecule has 0 saturated heterocycles. The van der Waals surface area contributed by atoms with Crippen LogP contribution in [0.2, 0.25) is 10.0 Å². The lowest BCUT2D eigenvalue weighted by atomic mass is 9.85. The second-order valence-electron chi connectivity index (χ2n) is 10.6. The molecule has 1 aliphatic heterocycles. The second-order valence-corrected chi connectivity index (χ2v) is 13.6. The highest BCUT2D eigenvalue weighted by Crippen LogP contribution is 2.45. The van der Waals surface area contributed by atoms with Crippen LogP contribution in [0.1, 0.15) is 35.6 Å². The Morgan fingerprint density at radius 2 is 1.76 bits per heavy atom. The predicted molar refractivity (Wildman–Crippen MR) is 175 cm³/mol. The second kappa shape index (κ2) is 14.6. The number of hydrogen-bond acceptors (Lipinski definition) is 7. The van der Waals surface area contributed by atoms with Crippen molar-refractivity contribution in [3.05, 3.63) is 130 Å². The molecule has 2 atom stereocenters. The Labute approximate surface area is 276 Å². The zero-order valence-electron chi connectivity index (χ0n) is 24.5. The molecule has 4 aromatic rings. The van der Waals surface area contributed by atoms with Crippen LogP contribution in [0.3, 0.4) is 0 Å². The Balaban J connectivity index is 1.57. The molecule has 0 aromatic heterocycles. The van der Waals surface area contributed by atoms with Gasteiger partial charge < -0.3 is 19.9 Å². The van der Waals surface area contributed by atoms with E-state index in [0.717, 1.165) is 0 Å². The van der Waals surface area contributed by atoms with E-state index in [1.807, 2.05) is 0 Å². The molecule has 2 N–H and O–H groups in total. The lowest BCUT2D eigenvalue weighted by molar-refractivity contribution is -0.129. The number of hydrogen-bond donors (Lipinski definition) is 2. The summed E-state index contributed by atoms with van der Waals surface area (Å²) in [7, 11) is -3.86. The molecular weight excluding hydrogens is 654 g/mol. The Morgan fingerprint density at radius 3 is 2.46 bits per heavy atom. The molecule has 8 nitrogen and oxygen atoms in total. The normalized spacial score (nSPS) is 17.7. The first-order chi connectivity index (χ1) is 22.1. The fraction of sp³-hybridized carbons (Fsp3) is 0.235. The highest BCUT2D eigenvalue weighted by Gasteiger charge is 2.54. The van der Waals surface area contributed by atoms with E-state index in [2.05, 4.69) is 5.32 Å². The van der Waals surface area contributed by atoms with E-state index in [9.17, 15) is 17.6 Å². The van der Waals surface area contributed by atoms with Gasteiger partial charge in [-0.2, -0.15) is 0 Å². The molecule has 1 amide bonds. The van der Waals surface area contributed by atoms with E-state index < -0.39 is 39.0 Å². The lowest BCUT2D eigenvalue weighted by Crippen LogP contribution is -2.49. The average Bonchev–Trinajstić information content (AvgIpc) is 3.44. The van der Waals surface area contributed by atoms with E-state index in [-0.39, 0.29) is 35.4 Å². The van der Waals surface area contributed by atoms with Gasteiger partial charge in [-0.3, -0.25) is 4.79 Å². The number of carbonyl (C=O) groups excluding carboxylic acids is 1. The SMILES string of the molecule is O=C(NCc1cccc(F)c1)[C@]1(CCS(=O)(=O)c2ccccc2)N=C(c2ccc(OCCCO)cc2)O[C@@H]1c1ccc(Cl)cc1Cl. The van der Waals surface area contributed by atoms with Crippen LogP contribution in [0.15, 0.2) is 107 Å². The number of sulfone groups is 1. The largest absolute Gasteiger partial charge is 0.494 e. The van der Waals surface area contributed by atoms with Gasteiger partial charge in [0.05, 0.1) is 17.3 Å². The smallest absolute Gasteiger partial charge is 0.252 e. The van der Waals surface area contributed by atoms with Crippen LogP contribution in [0.25, 0.3) is 0 Å². The molecule has 0 radical (unpaired) electrons. The van der Waals surface area contributed by atoms with E-state index in [1.54, 1.807) is 60.7 Å². The van der Waals surface area contributed by atoms with Gasteiger partial charge in [-0.15, -0.1) is 0 Å². The van der Waals surface area contributed by atoms with E-state index in [0.29, 0.717) is 40.5 Å². The molecule has 4 aromatic carbocycles. The molecule has 0 fully saturated rings. The molecule has 1 aliphatic rings. The first-order valence-electron chi connectivity index (χ1n) is 14.5. The van der Waals surface area contributed by atoms with Crippen LogP contribution in [-0.2, 0) is 25.9 Å². The fourth-order valence-electron chi connectivity index (χ4n) is 5.08. The number of nitrogens with zero attached hydrogens (tertiary/aromatic N) is 1. The molecule has 5 rings (SSSR count). The van der Waals surface area contributed by atoms with Crippen molar-refractivity contribution in [1.82, 2.24) is 5.32 Å². The number of halogens is 3. The summed E-state index contributed by atoms with van der Waals surface area (Å²) in [6.45, 7) is 0.283. The summed E-state index contributed by atoms with van der Waals surface area (Å²) in [6, 6.07) is 25.2. The predicted octanol–water partition coefficient (Wildman–Crippen LogP) is 6.33. The Hall–Kier alpha value is -3.96. The molecule has 0 bridgehead atoms. The third-order valence-corrected chi connectivity index (χ3v) is 9.77. The van der Waals surface area contributed by atoms with Gasteiger partial charge in [0.1, 0.15) is 11.6 Å². The summed E-state index contributed by atoms with van der Waals surface area (Å²) in [6.07, 6.45) is -0.944. The highest BCUT2D eigenvalue weighted by atomic mass is 35.5.